The van der Waals surface area contributed by atoms with Gasteiger partial charge < -0.3 is 15.5 Å². The molecule has 1 fully saturated rings. The molecule has 0 aliphatic carbocycles. The Bertz CT molecular complexity index is 1220. The van der Waals surface area contributed by atoms with E-state index in [9.17, 15) is 9.59 Å². The molecule has 3 aromatic carbocycles. The first-order valence-corrected chi connectivity index (χ1v) is 13.3. The van der Waals surface area contributed by atoms with Gasteiger partial charge in [0.25, 0.3) is 5.91 Å². The fourth-order valence-corrected chi connectivity index (χ4v) is 4.67. The number of hydrogen-bond donors (Lipinski definition) is 2. The minimum absolute atomic E-state index is 0.225. The Morgan fingerprint density at radius 1 is 0.892 bits per heavy atom. The summed E-state index contributed by atoms with van der Waals surface area (Å²) in [5.41, 5.74) is 3.44. The van der Waals surface area contributed by atoms with E-state index in [0.717, 1.165) is 36.8 Å². The molecule has 194 valence electrons. The summed E-state index contributed by atoms with van der Waals surface area (Å²) in [6.45, 7) is 7.59. The van der Waals surface area contributed by atoms with Crippen molar-refractivity contribution in [3.8, 4) is 0 Å². The van der Waals surface area contributed by atoms with E-state index in [2.05, 4.69) is 22.5 Å². The maximum absolute atomic E-state index is 13.4. The van der Waals surface area contributed by atoms with E-state index in [1.165, 1.54) is 12.8 Å². The first-order chi connectivity index (χ1) is 17.8. The van der Waals surface area contributed by atoms with Crippen LogP contribution >= 0.6 is 23.2 Å². The summed E-state index contributed by atoms with van der Waals surface area (Å²) in [6, 6.07) is 19.2. The minimum atomic E-state index is -0.228. The van der Waals surface area contributed by atoms with Gasteiger partial charge in [-0.2, -0.15) is 0 Å². The zero-order valence-electron chi connectivity index (χ0n) is 21.1. The number of carbonyl (C=O) groups is 2. The van der Waals surface area contributed by atoms with Crippen molar-refractivity contribution in [3.05, 3.63) is 87.9 Å². The summed E-state index contributed by atoms with van der Waals surface area (Å²) in [5.74, 6) is 0.519. The molecule has 2 N–H and O–H groups in total. The number of benzene rings is 3. The molecular formula is C29H32Cl2N4O2. The van der Waals surface area contributed by atoms with E-state index < -0.39 is 0 Å². The maximum atomic E-state index is 13.4. The van der Waals surface area contributed by atoms with Gasteiger partial charge in [0.15, 0.2) is 0 Å². The number of hydrogen-bond acceptors (Lipinski definition) is 3. The zero-order chi connectivity index (χ0) is 26.4. The second-order valence-corrected chi connectivity index (χ2v) is 10.4. The van der Waals surface area contributed by atoms with Gasteiger partial charge in [-0.3, -0.25) is 9.69 Å². The Hall–Kier alpha value is -3.06. The average Bonchev–Trinajstić information content (AvgIpc) is 2.88. The van der Waals surface area contributed by atoms with Gasteiger partial charge in [0, 0.05) is 45.8 Å². The Balaban J connectivity index is 1.52. The molecule has 1 aliphatic heterocycles. The van der Waals surface area contributed by atoms with E-state index in [1.54, 1.807) is 59.5 Å². The van der Waals surface area contributed by atoms with Gasteiger partial charge >= 0.3 is 6.03 Å². The topological polar surface area (TPSA) is 64.7 Å². The average molecular weight is 540 g/mol. The molecule has 0 radical (unpaired) electrons. The van der Waals surface area contributed by atoms with Gasteiger partial charge in [-0.1, -0.05) is 30.1 Å². The minimum Gasteiger partial charge on any atom is -0.322 e. The lowest BCUT2D eigenvalue weighted by molar-refractivity contribution is 0.102. The number of nitrogens with one attached hydrogen (secondary N) is 2. The second-order valence-electron chi connectivity index (χ2n) is 9.58. The van der Waals surface area contributed by atoms with E-state index in [-0.39, 0.29) is 11.9 Å². The standard InChI is InChI=1S/C29H32Cl2N4O2/c1-20-13-15-34(16-14-20)17-18-35(29(37)33-26-10-6-24(31)7-11-26)27-12-3-22(19-21(27)2)28(36)32-25-8-4-23(30)5-9-25/h3-12,19-20H,13-18H2,1-2H3,(H,32,36)(H,33,37). The molecule has 0 unspecified atom stereocenters. The Morgan fingerprint density at radius 3 is 2.03 bits per heavy atom. The molecule has 3 aromatic rings. The van der Waals surface area contributed by atoms with E-state index in [1.807, 2.05) is 19.1 Å². The number of halogens is 2. The van der Waals surface area contributed by atoms with Crippen molar-refractivity contribution in [2.24, 2.45) is 5.92 Å². The van der Waals surface area contributed by atoms with Crippen LogP contribution in [0.3, 0.4) is 0 Å². The molecule has 0 saturated carbocycles. The van der Waals surface area contributed by atoms with Crippen molar-refractivity contribution < 1.29 is 9.59 Å². The predicted octanol–water partition coefficient (Wildman–Crippen LogP) is 7.32. The largest absolute Gasteiger partial charge is 0.326 e. The van der Waals surface area contributed by atoms with Crippen LogP contribution in [0.1, 0.15) is 35.7 Å². The van der Waals surface area contributed by atoms with E-state index >= 15 is 0 Å². The fourth-order valence-electron chi connectivity index (χ4n) is 4.42. The van der Waals surface area contributed by atoms with Crippen LogP contribution in [-0.4, -0.2) is 43.0 Å². The highest BCUT2D eigenvalue weighted by Gasteiger charge is 2.22. The number of carbonyl (C=O) groups excluding carboxylic acids is 2. The first-order valence-electron chi connectivity index (χ1n) is 12.5. The first kappa shape index (κ1) is 27.0. The lowest BCUT2D eigenvalue weighted by atomic mass is 9.99. The lowest BCUT2D eigenvalue weighted by Crippen LogP contribution is -2.43. The summed E-state index contributed by atoms with van der Waals surface area (Å²) in [4.78, 5) is 30.4. The summed E-state index contributed by atoms with van der Waals surface area (Å²) in [7, 11) is 0. The van der Waals surface area contributed by atoms with Gasteiger partial charge in [-0.05, 0) is 111 Å². The molecular weight excluding hydrogens is 507 g/mol. The number of piperidine rings is 1. The Kier molecular flexibility index (Phi) is 9.09. The number of likely N-dealkylation sites (tertiary alicyclic amines) is 1. The molecule has 0 bridgehead atoms. The molecule has 0 atom stereocenters. The number of anilines is 3. The molecule has 1 aliphatic rings. The van der Waals surface area contributed by atoms with Crippen LogP contribution in [0.2, 0.25) is 10.0 Å². The van der Waals surface area contributed by atoms with Crippen LogP contribution in [0.4, 0.5) is 21.9 Å². The van der Waals surface area contributed by atoms with Gasteiger partial charge in [0.2, 0.25) is 0 Å². The normalized spacial score (nSPS) is 14.3. The number of urea groups is 1. The number of amides is 3. The van der Waals surface area contributed by atoms with Crippen molar-refractivity contribution in [2.45, 2.75) is 26.7 Å². The van der Waals surface area contributed by atoms with Gasteiger partial charge in [0.1, 0.15) is 0 Å². The summed E-state index contributed by atoms with van der Waals surface area (Å²) in [6.07, 6.45) is 2.35. The molecule has 4 rings (SSSR count). The predicted molar refractivity (Wildman–Crippen MR) is 153 cm³/mol. The van der Waals surface area contributed by atoms with Crippen LogP contribution in [0, 0.1) is 12.8 Å². The van der Waals surface area contributed by atoms with Crippen LogP contribution in [0.5, 0.6) is 0 Å². The molecule has 1 saturated heterocycles. The molecule has 8 heteroatoms. The highest BCUT2D eigenvalue weighted by molar-refractivity contribution is 6.31. The molecule has 0 spiro atoms. The number of nitrogens with zero attached hydrogens (tertiary/aromatic N) is 2. The Morgan fingerprint density at radius 2 is 1.46 bits per heavy atom. The molecule has 37 heavy (non-hydrogen) atoms. The monoisotopic (exact) mass is 538 g/mol. The summed E-state index contributed by atoms with van der Waals surface area (Å²) >= 11 is 11.9. The van der Waals surface area contributed by atoms with Gasteiger partial charge in [0.05, 0.1) is 0 Å². The molecule has 6 nitrogen and oxygen atoms in total. The van der Waals surface area contributed by atoms with Crippen molar-refractivity contribution in [1.29, 1.82) is 0 Å². The molecule has 3 amide bonds. The van der Waals surface area contributed by atoms with Crippen LogP contribution in [0.15, 0.2) is 66.7 Å². The third-order valence-electron chi connectivity index (χ3n) is 6.71. The zero-order valence-corrected chi connectivity index (χ0v) is 22.6. The number of aryl methyl sites for hydroxylation is 1. The van der Waals surface area contributed by atoms with Crippen LogP contribution < -0.4 is 15.5 Å². The highest BCUT2D eigenvalue weighted by Crippen LogP contribution is 2.25. The summed E-state index contributed by atoms with van der Waals surface area (Å²) < 4.78 is 0. The van der Waals surface area contributed by atoms with E-state index in [4.69, 9.17) is 23.2 Å². The number of rotatable bonds is 7. The fraction of sp³-hybridized carbons (Fsp3) is 0.310. The van der Waals surface area contributed by atoms with Gasteiger partial charge in [-0.25, -0.2) is 4.79 Å². The smallest absolute Gasteiger partial charge is 0.322 e. The van der Waals surface area contributed by atoms with Crippen molar-refractivity contribution >= 4 is 52.2 Å². The van der Waals surface area contributed by atoms with Crippen molar-refractivity contribution in [3.63, 3.8) is 0 Å². The van der Waals surface area contributed by atoms with E-state index in [0.29, 0.717) is 33.5 Å². The highest BCUT2D eigenvalue weighted by atomic mass is 35.5. The third-order valence-corrected chi connectivity index (χ3v) is 7.21. The molecule has 0 aromatic heterocycles. The molecule has 1 heterocycles. The maximum Gasteiger partial charge on any atom is 0.326 e. The van der Waals surface area contributed by atoms with Crippen LogP contribution in [0.25, 0.3) is 0 Å². The lowest BCUT2D eigenvalue weighted by Gasteiger charge is -2.33. The Labute approximate surface area is 228 Å². The SMILES string of the molecule is Cc1cc(C(=O)Nc2ccc(Cl)cc2)ccc1N(CCN1CCC(C)CC1)C(=O)Nc1ccc(Cl)cc1. The summed E-state index contributed by atoms with van der Waals surface area (Å²) in [5, 5.41) is 7.08. The van der Waals surface area contributed by atoms with Crippen molar-refractivity contribution in [2.75, 3.05) is 41.7 Å². The second kappa shape index (κ2) is 12.5. The van der Waals surface area contributed by atoms with Crippen molar-refractivity contribution in [1.82, 2.24) is 4.90 Å². The third kappa shape index (κ3) is 7.48. The quantitative estimate of drug-likeness (QED) is 0.331. The van der Waals surface area contributed by atoms with Gasteiger partial charge in [-0.15, -0.1) is 0 Å². The van der Waals surface area contributed by atoms with Crippen LogP contribution in [-0.2, 0) is 0 Å².